The van der Waals surface area contributed by atoms with E-state index in [2.05, 4.69) is 25.7 Å². The number of amides is 1. The van der Waals surface area contributed by atoms with Crippen LogP contribution in [0.5, 0.6) is 0 Å². The van der Waals surface area contributed by atoms with Crippen molar-refractivity contribution >= 4 is 5.91 Å². The monoisotopic (exact) mass is 242 g/mol. The molecule has 1 atom stereocenters. The Morgan fingerprint density at radius 3 is 2.18 bits per heavy atom. The zero-order valence-electron chi connectivity index (χ0n) is 11.6. The summed E-state index contributed by atoms with van der Waals surface area (Å²) in [5, 5.41) is 9.24. The fraction of sp³-hybridized carbons (Fsp3) is 0.923. The van der Waals surface area contributed by atoms with Crippen LogP contribution in [-0.4, -0.2) is 59.6 Å². The quantitative estimate of drug-likeness (QED) is 0.801. The molecule has 1 N–H and O–H groups in total. The van der Waals surface area contributed by atoms with E-state index < -0.39 is 6.10 Å². The van der Waals surface area contributed by atoms with Gasteiger partial charge in [-0.05, 0) is 25.3 Å². The maximum absolute atomic E-state index is 11.6. The van der Waals surface area contributed by atoms with Crippen molar-refractivity contribution < 1.29 is 9.90 Å². The fourth-order valence-electron chi connectivity index (χ4n) is 1.95. The number of hydrogen-bond donors (Lipinski definition) is 1. The van der Waals surface area contributed by atoms with Crippen molar-refractivity contribution in [2.45, 2.75) is 40.2 Å². The topological polar surface area (TPSA) is 43.8 Å². The maximum Gasteiger partial charge on any atom is 0.251 e. The summed E-state index contributed by atoms with van der Waals surface area (Å²) in [5.74, 6) is -0.138. The average Bonchev–Trinajstić information content (AvgIpc) is 2.25. The summed E-state index contributed by atoms with van der Waals surface area (Å²) in [5.41, 5.74) is 0.368. The molecule has 1 unspecified atom stereocenters. The van der Waals surface area contributed by atoms with E-state index >= 15 is 0 Å². The molecule has 0 aromatic carbocycles. The molecule has 1 saturated heterocycles. The van der Waals surface area contributed by atoms with Crippen LogP contribution in [0.3, 0.4) is 0 Å². The molecule has 1 fully saturated rings. The summed E-state index contributed by atoms with van der Waals surface area (Å²) >= 11 is 0. The summed E-state index contributed by atoms with van der Waals surface area (Å²) in [6.07, 6.45) is 0.313. The number of hydrogen-bond acceptors (Lipinski definition) is 3. The highest BCUT2D eigenvalue weighted by atomic mass is 16.3. The highest BCUT2D eigenvalue weighted by Gasteiger charge is 2.24. The summed E-state index contributed by atoms with van der Waals surface area (Å²) in [6, 6.07) is 0. The van der Waals surface area contributed by atoms with E-state index in [0.717, 1.165) is 32.7 Å². The first-order valence-corrected chi connectivity index (χ1v) is 6.49. The van der Waals surface area contributed by atoms with Crippen LogP contribution in [0.2, 0.25) is 0 Å². The van der Waals surface area contributed by atoms with Gasteiger partial charge in [0.2, 0.25) is 0 Å². The van der Waals surface area contributed by atoms with Crippen molar-refractivity contribution in [2.75, 3.05) is 32.7 Å². The Kier molecular flexibility index (Phi) is 4.95. The molecule has 100 valence electrons. The second-order valence-electron chi connectivity index (χ2n) is 6.15. The molecule has 1 heterocycles. The second kappa shape index (κ2) is 5.83. The molecular formula is C13H26N2O2. The molecule has 4 nitrogen and oxygen atoms in total. The molecule has 4 heteroatoms. The number of nitrogens with zero attached hydrogens (tertiary/aromatic N) is 2. The molecule has 0 bridgehead atoms. The van der Waals surface area contributed by atoms with E-state index in [9.17, 15) is 9.90 Å². The fourth-order valence-corrected chi connectivity index (χ4v) is 1.95. The van der Waals surface area contributed by atoms with Crippen LogP contribution < -0.4 is 0 Å². The van der Waals surface area contributed by atoms with Crippen molar-refractivity contribution in [3.05, 3.63) is 0 Å². The van der Waals surface area contributed by atoms with Gasteiger partial charge in [0.25, 0.3) is 5.91 Å². The highest BCUT2D eigenvalue weighted by molar-refractivity contribution is 5.80. The van der Waals surface area contributed by atoms with Crippen LogP contribution in [0.15, 0.2) is 0 Å². The van der Waals surface area contributed by atoms with Crippen molar-refractivity contribution in [3.63, 3.8) is 0 Å². The highest BCUT2D eigenvalue weighted by Crippen LogP contribution is 2.19. The minimum atomic E-state index is -0.865. The molecule has 0 spiro atoms. The van der Waals surface area contributed by atoms with Gasteiger partial charge in [0, 0.05) is 26.2 Å². The van der Waals surface area contributed by atoms with E-state index in [-0.39, 0.29) is 5.91 Å². The molecule has 1 aliphatic rings. The average molecular weight is 242 g/mol. The van der Waals surface area contributed by atoms with Gasteiger partial charge in [-0.3, -0.25) is 9.69 Å². The minimum Gasteiger partial charge on any atom is -0.384 e. The summed E-state index contributed by atoms with van der Waals surface area (Å²) in [6.45, 7) is 12.7. The minimum absolute atomic E-state index is 0.138. The Bertz CT molecular complexity index is 251. The third kappa shape index (κ3) is 5.04. The number of rotatable bonds is 3. The van der Waals surface area contributed by atoms with Crippen LogP contribution in [0.25, 0.3) is 0 Å². The van der Waals surface area contributed by atoms with E-state index in [0.29, 0.717) is 5.41 Å². The number of aliphatic hydroxyl groups excluding tert-OH is 1. The third-order valence-corrected chi connectivity index (χ3v) is 3.22. The Morgan fingerprint density at radius 1 is 1.24 bits per heavy atom. The largest absolute Gasteiger partial charge is 0.384 e. The van der Waals surface area contributed by atoms with E-state index in [1.807, 2.05) is 0 Å². The summed E-state index contributed by atoms with van der Waals surface area (Å²) in [4.78, 5) is 15.7. The van der Waals surface area contributed by atoms with E-state index in [1.54, 1.807) is 4.90 Å². The Morgan fingerprint density at radius 2 is 1.76 bits per heavy atom. The van der Waals surface area contributed by atoms with Crippen LogP contribution in [0, 0.1) is 5.41 Å². The van der Waals surface area contributed by atoms with E-state index in [1.165, 1.54) is 13.3 Å². The lowest BCUT2D eigenvalue weighted by Gasteiger charge is -2.36. The zero-order chi connectivity index (χ0) is 13.1. The standard InChI is InChI=1S/C13H26N2O2/c1-11(16)12(17)15-9-7-14(8-10-15)6-5-13(2,3)4/h11,16H,5-10H2,1-4H3. The van der Waals surface area contributed by atoms with Gasteiger partial charge >= 0.3 is 0 Å². The predicted octanol–water partition coefficient (Wildman–Crippen LogP) is 0.948. The number of carbonyl (C=O) groups excluding carboxylic acids is 1. The Balaban J connectivity index is 2.29. The van der Waals surface area contributed by atoms with Gasteiger partial charge in [0.1, 0.15) is 6.10 Å². The maximum atomic E-state index is 11.6. The molecule has 1 rings (SSSR count). The van der Waals surface area contributed by atoms with Crippen molar-refractivity contribution in [2.24, 2.45) is 5.41 Å². The molecule has 0 aromatic heterocycles. The van der Waals surface area contributed by atoms with Crippen LogP contribution in [-0.2, 0) is 4.79 Å². The van der Waals surface area contributed by atoms with Gasteiger partial charge in [0.05, 0.1) is 0 Å². The van der Waals surface area contributed by atoms with Crippen molar-refractivity contribution in [3.8, 4) is 0 Å². The lowest BCUT2D eigenvalue weighted by Crippen LogP contribution is -2.51. The first-order chi connectivity index (χ1) is 7.79. The van der Waals surface area contributed by atoms with Crippen LogP contribution in [0.1, 0.15) is 34.1 Å². The first-order valence-electron chi connectivity index (χ1n) is 6.49. The smallest absolute Gasteiger partial charge is 0.251 e. The van der Waals surface area contributed by atoms with Gasteiger partial charge in [-0.25, -0.2) is 0 Å². The number of carbonyl (C=O) groups is 1. The van der Waals surface area contributed by atoms with Gasteiger partial charge in [-0.15, -0.1) is 0 Å². The second-order valence-corrected chi connectivity index (χ2v) is 6.15. The molecule has 1 amide bonds. The van der Waals surface area contributed by atoms with Crippen LogP contribution >= 0.6 is 0 Å². The zero-order valence-corrected chi connectivity index (χ0v) is 11.6. The molecular weight excluding hydrogens is 216 g/mol. The van der Waals surface area contributed by atoms with Crippen molar-refractivity contribution in [1.82, 2.24) is 9.80 Å². The molecule has 0 radical (unpaired) electrons. The lowest BCUT2D eigenvalue weighted by atomic mass is 9.92. The molecule has 0 saturated carbocycles. The molecule has 1 aliphatic heterocycles. The number of aliphatic hydroxyl groups is 1. The Hall–Kier alpha value is -0.610. The number of piperazine rings is 1. The third-order valence-electron chi connectivity index (χ3n) is 3.22. The molecule has 17 heavy (non-hydrogen) atoms. The molecule has 0 aliphatic carbocycles. The predicted molar refractivity (Wildman–Crippen MR) is 68.8 cm³/mol. The van der Waals surface area contributed by atoms with Gasteiger partial charge in [0.15, 0.2) is 0 Å². The van der Waals surface area contributed by atoms with Crippen molar-refractivity contribution in [1.29, 1.82) is 0 Å². The van der Waals surface area contributed by atoms with Gasteiger partial charge < -0.3 is 10.0 Å². The first kappa shape index (κ1) is 14.5. The normalized spacial score (nSPS) is 20.4. The SMILES string of the molecule is CC(O)C(=O)N1CCN(CCC(C)(C)C)CC1. The van der Waals surface area contributed by atoms with Gasteiger partial charge in [-0.1, -0.05) is 20.8 Å². The molecule has 0 aromatic rings. The summed E-state index contributed by atoms with van der Waals surface area (Å²) < 4.78 is 0. The van der Waals surface area contributed by atoms with Gasteiger partial charge in [-0.2, -0.15) is 0 Å². The van der Waals surface area contributed by atoms with E-state index in [4.69, 9.17) is 0 Å². The summed E-state index contributed by atoms with van der Waals surface area (Å²) in [7, 11) is 0. The van der Waals surface area contributed by atoms with Crippen LogP contribution in [0.4, 0.5) is 0 Å². The lowest BCUT2D eigenvalue weighted by molar-refractivity contribution is -0.141. The Labute approximate surface area is 105 Å².